The molecule has 4 heteroatoms. The first-order valence-electron chi connectivity index (χ1n) is 7.01. The van der Waals surface area contributed by atoms with Crippen molar-refractivity contribution in [3.63, 3.8) is 0 Å². The van der Waals surface area contributed by atoms with Gasteiger partial charge < -0.3 is 0 Å². The van der Waals surface area contributed by atoms with Crippen molar-refractivity contribution < 1.29 is 0 Å². The molecule has 0 saturated heterocycles. The monoisotopic (exact) mass is 293 g/mol. The maximum atomic E-state index is 4.66. The number of rotatable bonds is 2. The summed E-state index contributed by atoms with van der Waals surface area (Å²) in [7, 11) is 0. The quantitative estimate of drug-likeness (QED) is 0.718. The highest BCUT2D eigenvalue weighted by molar-refractivity contribution is 7.98. The molecule has 4 rings (SSSR count). The first-order chi connectivity index (χ1) is 10.3. The molecule has 3 aromatic rings. The van der Waals surface area contributed by atoms with E-state index in [-0.39, 0.29) is 0 Å². The van der Waals surface area contributed by atoms with E-state index in [1.807, 2.05) is 19.2 Å². The average molecular weight is 293 g/mol. The van der Waals surface area contributed by atoms with Gasteiger partial charge in [0.25, 0.3) is 0 Å². The van der Waals surface area contributed by atoms with Crippen molar-refractivity contribution in [2.24, 2.45) is 0 Å². The molecule has 0 spiro atoms. The van der Waals surface area contributed by atoms with E-state index in [4.69, 9.17) is 0 Å². The summed E-state index contributed by atoms with van der Waals surface area (Å²) < 4.78 is 2.10. The molecule has 0 unspecified atom stereocenters. The molecular formula is C17H15N3S. The van der Waals surface area contributed by atoms with Crippen LogP contribution in [-0.2, 0) is 12.3 Å². The Morgan fingerprint density at radius 1 is 1.14 bits per heavy atom. The Labute approximate surface area is 128 Å². The summed E-state index contributed by atoms with van der Waals surface area (Å²) in [6.07, 6.45) is 1.99. The van der Waals surface area contributed by atoms with Crippen molar-refractivity contribution in [2.75, 3.05) is 0 Å². The fraction of sp³-hybridized carbons (Fsp3) is 0.176. The number of thioether (sulfide) groups is 1. The SMILES string of the molecule is Cc1ccc2c(n1)SCc1cnn(Cc3ccccc3)c1-2. The van der Waals surface area contributed by atoms with Crippen LogP contribution in [0.5, 0.6) is 0 Å². The maximum Gasteiger partial charge on any atom is 0.106 e. The third-order valence-corrected chi connectivity index (χ3v) is 4.75. The second-order valence-electron chi connectivity index (χ2n) is 5.26. The average Bonchev–Trinajstić information content (AvgIpc) is 2.91. The van der Waals surface area contributed by atoms with Crippen molar-refractivity contribution in [1.82, 2.24) is 14.8 Å². The van der Waals surface area contributed by atoms with Crippen LogP contribution >= 0.6 is 11.8 Å². The topological polar surface area (TPSA) is 30.7 Å². The predicted octanol–water partition coefficient (Wildman–Crippen LogP) is 3.91. The lowest BCUT2D eigenvalue weighted by Gasteiger charge is -2.17. The molecule has 0 fully saturated rings. The van der Waals surface area contributed by atoms with Crippen molar-refractivity contribution in [3.05, 3.63) is 65.5 Å². The molecule has 3 nitrogen and oxygen atoms in total. The predicted molar refractivity (Wildman–Crippen MR) is 85.3 cm³/mol. The lowest BCUT2D eigenvalue weighted by Crippen LogP contribution is -2.07. The third-order valence-electron chi connectivity index (χ3n) is 3.71. The Bertz CT molecular complexity index is 793. The van der Waals surface area contributed by atoms with Gasteiger partial charge in [0.1, 0.15) is 5.03 Å². The molecule has 3 heterocycles. The molecule has 2 aromatic heterocycles. The smallest absolute Gasteiger partial charge is 0.106 e. The van der Waals surface area contributed by atoms with Gasteiger partial charge >= 0.3 is 0 Å². The van der Waals surface area contributed by atoms with Crippen molar-refractivity contribution >= 4 is 11.8 Å². The molecule has 0 bridgehead atoms. The van der Waals surface area contributed by atoms with E-state index in [2.05, 4.69) is 51.2 Å². The van der Waals surface area contributed by atoms with Gasteiger partial charge in [0, 0.05) is 22.6 Å². The number of hydrogen-bond acceptors (Lipinski definition) is 3. The van der Waals surface area contributed by atoms with Crippen LogP contribution < -0.4 is 0 Å². The second-order valence-corrected chi connectivity index (χ2v) is 6.22. The molecule has 0 aliphatic carbocycles. The van der Waals surface area contributed by atoms with E-state index >= 15 is 0 Å². The van der Waals surface area contributed by atoms with Gasteiger partial charge in [-0.15, -0.1) is 11.8 Å². The molecular weight excluding hydrogens is 278 g/mol. The Balaban J connectivity index is 1.80. The fourth-order valence-electron chi connectivity index (χ4n) is 2.69. The molecule has 1 aromatic carbocycles. The van der Waals surface area contributed by atoms with Gasteiger partial charge in [-0.2, -0.15) is 5.10 Å². The molecule has 1 aliphatic heterocycles. The third kappa shape index (κ3) is 2.25. The molecule has 0 radical (unpaired) electrons. The number of nitrogens with zero attached hydrogens (tertiary/aromatic N) is 3. The Morgan fingerprint density at radius 2 is 2.00 bits per heavy atom. The molecule has 0 amide bonds. The fourth-order valence-corrected chi connectivity index (χ4v) is 3.72. The molecule has 1 aliphatic rings. The summed E-state index contributed by atoms with van der Waals surface area (Å²) in [5.41, 5.74) is 6.07. The van der Waals surface area contributed by atoms with E-state index in [0.29, 0.717) is 0 Å². The van der Waals surface area contributed by atoms with E-state index < -0.39 is 0 Å². The second kappa shape index (κ2) is 5.04. The lowest BCUT2D eigenvalue weighted by atomic mass is 10.1. The first-order valence-corrected chi connectivity index (χ1v) is 7.99. The van der Waals surface area contributed by atoms with Crippen molar-refractivity contribution in [3.8, 4) is 11.3 Å². The highest BCUT2D eigenvalue weighted by atomic mass is 32.2. The molecule has 0 N–H and O–H groups in total. The Morgan fingerprint density at radius 3 is 2.86 bits per heavy atom. The van der Waals surface area contributed by atoms with Crippen molar-refractivity contribution in [1.29, 1.82) is 0 Å². The van der Waals surface area contributed by atoms with E-state index in [1.165, 1.54) is 22.4 Å². The van der Waals surface area contributed by atoms with Gasteiger partial charge in [-0.05, 0) is 24.6 Å². The molecule has 0 atom stereocenters. The number of hydrogen-bond donors (Lipinski definition) is 0. The number of pyridine rings is 1. The minimum Gasteiger partial charge on any atom is -0.260 e. The van der Waals surface area contributed by atoms with Crippen LogP contribution in [0.15, 0.2) is 53.7 Å². The van der Waals surface area contributed by atoms with Gasteiger partial charge in [-0.25, -0.2) is 4.98 Å². The highest BCUT2D eigenvalue weighted by Crippen LogP contribution is 2.40. The minimum absolute atomic E-state index is 0.800. The number of aryl methyl sites for hydroxylation is 1. The normalized spacial score (nSPS) is 12.8. The van der Waals surface area contributed by atoms with Crippen LogP contribution in [0.1, 0.15) is 16.8 Å². The zero-order valence-electron chi connectivity index (χ0n) is 11.8. The zero-order valence-corrected chi connectivity index (χ0v) is 12.6. The van der Waals surface area contributed by atoms with Crippen LogP contribution in [0.4, 0.5) is 0 Å². The van der Waals surface area contributed by atoms with Gasteiger partial charge in [0.2, 0.25) is 0 Å². The highest BCUT2D eigenvalue weighted by Gasteiger charge is 2.22. The van der Waals surface area contributed by atoms with Gasteiger partial charge in [-0.3, -0.25) is 4.68 Å². The summed E-state index contributed by atoms with van der Waals surface area (Å²) in [4.78, 5) is 4.66. The number of aromatic nitrogens is 3. The van der Waals surface area contributed by atoms with Crippen LogP contribution in [0, 0.1) is 6.92 Å². The van der Waals surface area contributed by atoms with Crippen LogP contribution in [0.2, 0.25) is 0 Å². The van der Waals surface area contributed by atoms with E-state index in [9.17, 15) is 0 Å². The van der Waals surface area contributed by atoms with Crippen LogP contribution in [0.25, 0.3) is 11.3 Å². The standard InChI is InChI=1S/C17H15N3S/c1-12-7-8-15-16-14(11-21-17(15)19-12)9-18-20(16)10-13-5-3-2-4-6-13/h2-9H,10-11H2,1H3. The summed E-state index contributed by atoms with van der Waals surface area (Å²) in [6.45, 7) is 2.84. The van der Waals surface area contributed by atoms with E-state index in [0.717, 1.165) is 23.0 Å². The maximum absolute atomic E-state index is 4.66. The van der Waals surface area contributed by atoms with Gasteiger partial charge in [-0.1, -0.05) is 30.3 Å². The molecule has 104 valence electrons. The Kier molecular flexibility index (Phi) is 3.04. The summed E-state index contributed by atoms with van der Waals surface area (Å²) >= 11 is 1.80. The van der Waals surface area contributed by atoms with E-state index in [1.54, 1.807) is 11.8 Å². The molecule has 21 heavy (non-hydrogen) atoms. The van der Waals surface area contributed by atoms with Gasteiger partial charge in [0.05, 0.1) is 18.4 Å². The minimum atomic E-state index is 0.800. The summed E-state index contributed by atoms with van der Waals surface area (Å²) in [6, 6.07) is 14.7. The van der Waals surface area contributed by atoms with Gasteiger partial charge in [0.15, 0.2) is 0 Å². The zero-order chi connectivity index (χ0) is 14.2. The first kappa shape index (κ1) is 12.7. The van der Waals surface area contributed by atoms with Crippen LogP contribution in [0.3, 0.4) is 0 Å². The number of fused-ring (bicyclic) bond motifs is 3. The van der Waals surface area contributed by atoms with Crippen LogP contribution in [-0.4, -0.2) is 14.8 Å². The molecule has 0 saturated carbocycles. The Hall–Kier alpha value is -2.07. The lowest BCUT2D eigenvalue weighted by molar-refractivity contribution is 0.692. The largest absolute Gasteiger partial charge is 0.260 e. The summed E-state index contributed by atoms with van der Waals surface area (Å²) in [5, 5.41) is 5.71. The van der Waals surface area contributed by atoms with Crippen molar-refractivity contribution in [2.45, 2.75) is 24.2 Å². The number of benzene rings is 1. The summed E-state index contributed by atoms with van der Waals surface area (Å²) in [5.74, 6) is 0.952.